The van der Waals surface area contributed by atoms with Gasteiger partial charge in [0.2, 0.25) is 0 Å². The van der Waals surface area contributed by atoms with Crippen molar-refractivity contribution in [2.45, 2.75) is 51.7 Å². The molecule has 0 aliphatic heterocycles. The van der Waals surface area contributed by atoms with Crippen LogP contribution in [0.5, 0.6) is 0 Å². The van der Waals surface area contributed by atoms with Crippen molar-refractivity contribution >= 4 is 66.7 Å². The second kappa shape index (κ2) is 17.5. The van der Waals surface area contributed by atoms with Gasteiger partial charge in [-0.15, -0.1) is 35.9 Å². The number of benzene rings is 6. The van der Waals surface area contributed by atoms with Gasteiger partial charge in [-0.25, -0.2) is 0 Å². The number of aromatic nitrogens is 2. The smallest absolute Gasteiger partial charge is 0.120 e. The molecule has 10 aromatic rings. The van der Waals surface area contributed by atoms with Crippen molar-refractivity contribution in [3.8, 4) is 44.8 Å². The number of rotatable bonds is 7. The van der Waals surface area contributed by atoms with Gasteiger partial charge in [0.15, 0.2) is 0 Å². The fourth-order valence-electron chi connectivity index (χ4n) is 8.50. The predicted molar refractivity (Wildman–Crippen MR) is 257 cm³/mol. The number of hydrogen-bond acceptors (Lipinski definition) is 4. The van der Waals surface area contributed by atoms with Crippen molar-refractivity contribution in [2.75, 3.05) is 0 Å². The summed E-state index contributed by atoms with van der Waals surface area (Å²) < 4.78 is 26.4. The molecule has 0 bridgehead atoms. The van der Waals surface area contributed by atoms with Crippen molar-refractivity contribution in [1.29, 1.82) is 0 Å². The number of fused-ring (bicyclic) bond motifs is 6. The number of thiophene rings is 1. The van der Waals surface area contributed by atoms with Gasteiger partial charge in [0, 0.05) is 45.3 Å². The topological polar surface area (TPSA) is 38.9 Å². The average Bonchev–Trinajstić information content (AvgIpc) is 4.08. The van der Waals surface area contributed by atoms with E-state index in [4.69, 9.17) is 12.1 Å². The Balaban J connectivity index is 0.000000159. The van der Waals surface area contributed by atoms with Gasteiger partial charge in [-0.2, -0.15) is 11.3 Å². The molecule has 1 radical (unpaired) electrons. The predicted octanol–water partition coefficient (Wildman–Crippen LogP) is 15.0. The molecule has 11 rings (SSSR count). The number of para-hydroxylation sites is 1. The fraction of sp³-hybridized carbons (Fsp3) is 0.164. The SMILES string of the molecule is C[Si](C)(C)c1ccc(-c2[c-]cc(-c3ccccc3)c3c2oc2ccccc23)nc1.[2H]C([2H])(c1ccnc(-c2[c-]ccc3c2sc2cc(-c4ccccc4)ccc23)c1)C1CCCC1.[Ir]. The fourth-order valence-corrected chi connectivity index (χ4v) is 10.8. The molecule has 61 heavy (non-hydrogen) atoms. The van der Waals surface area contributed by atoms with Crippen molar-refractivity contribution in [3.05, 3.63) is 176 Å². The molecule has 4 heterocycles. The van der Waals surface area contributed by atoms with E-state index in [9.17, 15) is 0 Å². The van der Waals surface area contributed by atoms with Crippen molar-refractivity contribution in [3.63, 3.8) is 0 Å². The molecule has 1 aliphatic rings. The molecule has 6 aromatic carbocycles. The number of hydrogen-bond donors (Lipinski definition) is 0. The Kier molecular flexibility index (Phi) is 11.0. The van der Waals surface area contributed by atoms with Crippen LogP contribution in [-0.2, 0) is 26.5 Å². The maximum atomic E-state index is 8.81. The van der Waals surface area contributed by atoms with Crippen molar-refractivity contribution in [2.24, 2.45) is 5.92 Å². The molecule has 3 nitrogen and oxygen atoms in total. The summed E-state index contributed by atoms with van der Waals surface area (Å²) in [6.07, 6.45) is 6.63. The Bertz CT molecular complexity index is 3210. The van der Waals surface area contributed by atoms with Gasteiger partial charge < -0.3 is 14.4 Å². The van der Waals surface area contributed by atoms with Crippen LogP contribution in [0.4, 0.5) is 0 Å². The third kappa shape index (κ3) is 8.31. The number of nitrogens with zero attached hydrogens (tertiary/aromatic N) is 2. The monoisotopic (exact) mass is 1010 g/mol. The first-order valence-electron chi connectivity index (χ1n) is 21.9. The van der Waals surface area contributed by atoms with Crippen LogP contribution in [0.3, 0.4) is 0 Å². The van der Waals surface area contributed by atoms with Crippen LogP contribution in [0.1, 0.15) is 34.0 Å². The zero-order chi connectivity index (χ0) is 42.4. The number of pyridine rings is 2. The van der Waals surface area contributed by atoms with Gasteiger partial charge >= 0.3 is 0 Å². The van der Waals surface area contributed by atoms with Gasteiger partial charge in [0.05, 0.1) is 13.7 Å². The normalized spacial score (nSPS) is 13.8. The molecule has 1 saturated carbocycles. The minimum absolute atomic E-state index is 0. The van der Waals surface area contributed by atoms with E-state index in [2.05, 4.69) is 140 Å². The molecule has 0 amide bonds. The van der Waals surface area contributed by atoms with E-state index in [1.807, 2.05) is 48.7 Å². The summed E-state index contributed by atoms with van der Waals surface area (Å²) in [4.78, 5) is 9.43. The standard InChI is InChI=1S/C29H24NS.C26H22NOSi.Ir/c1-2-9-22(10-3-1)23-13-14-24-25-11-6-12-26(29(25)31-28(24)19-23)27-18-21(15-16-30-27)17-20-7-4-5-8-20;1-29(2,3)19-13-16-23(27-17-19)21-15-14-20(18-9-5-4-6-10-18)25-22-11-7-8-12-24(22)28-26(21)25;/h1-3,6,9-11,13-16,18-20H,4-5,7-8,17H2;4-14,16-17H,1-3H3;/q2*-1;/i17D2;;. The first-order chi connectivity index (χ1) is 30.1. The van der Waals surface area contributed by atoms with Crippen LogP contribution in [-0.4, -0.2) is 18.0 Å². The molecule has 303 valence electrons. The maximum Gasteiger partial charge on any atom is 0.120 e. The molecule has 4 aromatic heterocycles. The van der Waals surface area contributed by atoms with Crippen LogP contribution in [0.2, 0.25) is 19.6 Å². The zero-order valence-electron chi connectivity index (χ0n) is 36.5. The first-order valence-corrected chi connectivity index (χ1v) is 25.2. The molecule has 0 spiro atoms. The Morgan fingerprint density at radius 1 is 0.705 bits per heavy atom. The summed E-state index contributed by atoms with van der Waals surface area (Å²) in [5.74, 6) is 0.0910. The van der Waals surface area contributed by atoms with Gasteiger partial charge in [0.1, 0.15) is 5.58 Å². The summed E-state index contributed by atoms with van der Waals surface area (Å²) in [6, 6.07) is 56.9. The molecular formula is C55H46IrN2OSSi-2. The quantitative estimate of drug-likeness (QED) is 0.118. The minimum Gasteiger partial charge on any atom is -0.501 e. The van der Waals surface area contributed by atoms with E-state index in [0.29, 0.717) is 0 Å². The van der Waals surface area contributed by atoms with E-state index in [1.54, 1.807) is 17.5 Å². The van der Waals surface area contributed by atoms with Crippen molar-refractivity contribution in [1.82, 2.24) is 9.97 Å². The second-order valence-corrected chi connectivity index (χ2v) is 22.9. The third-order valence-electron chi connectivity index (χ3n) is 11.7. The van der Waals surface area contributed by atoms with E-state index >= 15 is 0 Å². The maximum absolute atomic E-state index is 8.81. The Hall–Kier alpha value is -5.49. The van der Waals surface area contributed by atoms with Crippen LogP contribution in [0, 0.1) is 18.1 Å². The van der Waals surface area contributed by atoms with Crippen LogP contribution < -0.4 is 5.19 Å². The van der Waals surface area contributed by atoms with Crippen LogP contribution in [0.15, 0.2) is 162 Å². The van der Waals surface area contributed by atoms with Crippen LogP contribution in [0.25, 0.3) is 86.9 Å². The largest absolute Gasteiger partial charge is 0.501 e. The molecule has 0 N–H and O–H groups in total. The van der Waals surface area contributed by atoms with Gasteiger partial charge in [-0.05, 0) is 73.7 Å². The summed E-state index contributed by atoms with van der Waals surface area (Å²) in [5.41, 5.74) is 10.8. The van der Waals surface area contributed by atoms with Crippen LogP contribution >= 0.6 is 11.3 Å². The summed E-state index contributed by atoms with van der Waals surface area (Å²) in [6.45, 7) is 7.01. The summed E-state index contributed by atoms with van der Waals surface area (Å²) in [5, 5.41) is 6.03. The van der Waals surface area contributed by atoms with E-state index < -0.39 is 14.4 Å². The Morgan fingerprint density at radius 3 is 2.21 bits per heavy atom. The molecule has 1 fully saturated rings. The zero-order valence-corrected chi connectivity index (χ0v) is 38.7. The van der Waals surface area contributed by atoms with Gasteiger partial charge in [-0.3, -0.25) is 0 Å². The molecule has 1 aliphatic carbocycles. The Morgan fingerprint density at radius 2 is 1.46 bits per heavy atom. The summed E-state index contributed by atoms with van der Waals surface area (Å²) >= 11 is 1.77. The Labute approximate surface area is 379 Å². The molecule has 0 saturated heterocycles. The molecule has 6 heteroatoms. The van der Waals surface area contributed by atoms with E-state index in [1.165, 1.54) is 31.8 Å². The minimum atomic E-state index is -1.39. The molecule has 0 atom stereocenters. The summed E-state index contributed by atoms with van der Waals surface area (Å²) in [7, 11) is -1.39. The molecule has 0 unspecified atom stereocenters. The number of furan rings is 1. The second-order valence-electron chi connectivity index (χ2n) is 16.8. The first kappa shape index (κ1) is 38.4. The average molecular weight is 1010 g/mol. The third-order valence-corrected chi connectivity index (χ3v) is 14.9. The molecular weight excluding hydrogens is 957 g/mol. The van der Waals surface area contributed by atoms with E-state index in [-0.39, 0.29) is 26.0 Å². The van der Waals surface area contributed by atoms with Gasteiger partial charge in [-0.1, -0.05) is 182 Å². The van der Waals surface area contributed by atoms with Crippen molar-refractivity contribution < 1.29 is 27.3 Å². The van der Waals surface area contributed by atoms with Gasteiger partial charge in [0.25, 0.3) is 0 Å². The van der Waals surface area contributed by atoms with E-state index in [0.717, 1.165) is 91.5 Å².